The Labute approximate surface area is 118 Å². The van der Waals surface area contributed by atoms with Gasteiger partial charge in [-0.15, -0.1) is 6.58 Å². The monoisotopic (exact) mass is 274 g/mol. The minimum atomic E-state index is 0.579. The Kier molecular flexibility index (Phi) is 17.2. The van der Waals surface area contributed by atoms with Crippen LogP contribution in [0.4, 0.5) is 0 Å². The molecule has 0 bridgehead atoms. The van der Waals surface area contributed by atoms with Gasteiger partial charge in [0.25, 0.3) is 0 Å². The highest BCUT2D eigenvalue weighted by Crippen LogP contribution is 1.98. The van der Waals surface area contributed by atoms with Crippen LogP contribution in [-0.2, 0) is 18.9 Å². The van der Waals surface area contributed by atoms with Crippen LogP contribution in [0.3, 0.4) is 0 Å². The lowest BCUT2D eigenvalue weighted by molar-refractivity contribution is 0.000534. The molecule has 0 N–H and O–H groups in total. The molecule has 0 amide bonds. The molecule has 0 aliphatic heterocycles. The molecule has 0 fully saturated rings. The molecule has 0 aliphatic rings. The van der Waals surface area contributed by atoms with Crippen molar-refractivity contribution in [1.29, 1.82) is 0 Å². The topological polar surface area (TPSA) is 36.9 Å². The van der Waals surface area contributed by atoms with Gasteiger partial charge in [-0.3, -0.25) is 0 Å². The van der Waals surface area contributed by atoms with Crippen molar-refractivity contribution in [2.45, 2.75) is 32.6 Å². The van der Waals surface area contributed by atoms with Gasteiger partial charge in [-0.2, -0.15) is 0 Å². The molecule has 4 heteroatoms. The van der Waals surface area contributed by atoms with Crippen molar-refractivity contribution in [1.82, 2.24) is 0 Å². The molecule has 0 aromatic carbocycles. The number of hydrogen-bond donors (Lipinski definition) is 0. The van der Waals surface area contributed by atoms with Crippen molar-refractivity contribution in [3.8, 4) is 0 Å². The third kappa shape index (κ3) is 17.6. The molecule has 0 radical (unpaired) electrons. The zero-order valence-corrected chi connectivity index (χ0v) is 12.4. The Morgan fingerprint density at radius 2 is 1.21 bits per heavy atom. The van der Waals surface area contributed by atoms with Gasteiger partial charge >= 0.3 is 0 Å². The summed E-state index contributed by atoms with van der Waals surface area (Å²) in [6.07, 6.45) is 6.71. The van der Waals surface area contributed by atoms with Crippen LogP contribution >= 0.6 is 0 Å². The minimum Gasteiger partial charge on any atom is -0.379 e. The fourth-order valence-corrected chi connectivity index (χ4v) is 1.46. The van der Waals surface area contributed by atoms with Crippen molar-refractivity contribution in [2.75, 3.05) is 52.9 Å². The van der Waals surface area contributed by atoms with Crippen LogP contribution in [0.25, 0.3) is 0 Å². The van der Waals surface area contributed by atoms with E-state index in [1.807, 2.05) is 0 Å². The molecule has 0 aromatic heterocycles. The van der Waals surface area contributed by atoms with Gasteiger partial charge in [0.1, 0.15) is 0 Å². The lowest BCUT2D eigenvalue weighted by Crippen LogP contribution is -2.12. The first kappa shape index (κ1) is 18.6. The van der Waals surface area contributed by atoms with Gasteiger partial charge in [-0.1, -0.05) is 32.3 Å². The standard InChI is InChI=1S/C15H30O4/c1-3-5-6-7-9-17-11-13-19-15-14-18-12-10-16-8-4-2/h4H,2-3,5-15H2,1H3. The van der Waals surface area contributed by atoms with Crippen LogP contribution in [0, 0.1) is 0 Å². The van der Waals surface area contributed by atoms with Crippen LogP contribution in [0.1, 0.15) is 32.6 Å². The Morgan fingerprint density at radius 3 is 1.74 bits per heavy atom. The van der Waals surface area contributed by atoms with E-state index in [4.69, 9.17) is 18.9 Å². The maximum atomic E-state index is 5.46. The summed E-state index contributed by atoms with van der Waals surface area (Å²) >= 11 is 0. The van der Waals surface area contributed by atoms with Crippen molar-refractivity contribution in [3.63, 3.8) is 0 Å². The first-order valence-corrected chi connectivity index (χ1v) is 7.33. The maximum absolute atomic E-state index is 5.46. The summed E-state index contributed by atoms with van der Waals surface area (Å²) in [5, 5.41) is 0. The molecule has 0 unspecified atom stereocenters. The second kappa shape index (κ2) is 17.6. The van der Waals surface area contributed by atoms with E-state index in [-0.39, 0.29) is 0 Å². The third-order valence-electron chi connectivity index (χ3n) is 2.49. The fourth-order valence-electron chi connectivity index (χ4n) is 1.46. The number of ether oxygens (including phenoxy) is 4. The van der Waals surface area contributed by atoms with Crippen molar-refractivity contribution < 1.29 is 18.9 Å². The molecule has 0 heterocycles. The van der Waals surface area contributed by atoms with E-state index in [2.05, 4.69) is 13.5 Å². The average Bonchev–Trinajstić information content (AvgIpc) is 2.43. The molecule has 114 valence electrons. The van der Waals surface area contributed by atoms with E-state index in [9.17, 15) is 0 Å². The third-order valence-corrected chi connectivity index (χ3v) is 2.49. The molecule has 4 nitrogen and oxygen atoms in total. The van der Waals surface area contributed by atoms with Gasteiger partial charge < -0.3 is 18.9 Å². The van der Waals surface area contributed by atoms with Crippen LogP contribution < -0.4 is 0 Å². The molecule has 0 spiro atoms. The summed E-state index contributed by atoms with van der Waals surface area (Å²) in [5.41, 5.74) is 0. The van der Waals surface area contributed by atoms with E-state index >= 15 is 0 Å². The largest absolute Gasteiger partial charge is 0.379 e. The zero-order chi connectivity index (χ0) is 14.0. The molecular weight excluding hydrogens is 244 g/mol. The van der Waals surface area contributed by atoms with E-state index in [0.29, 0.717) is 46.2 Å². The van der Waals surface area contributed by atoms with E-state index < -0.39 is 0 Å². The maximum Gasteiger partial charge on any atom is 0.0704 e. The molecule has 0 saturated heterocycles. The molecule has 0 aliphatic carbocycles. The number of rotatable bonds is 16. The predicted octanol–water partition coefficient (Wildman–Crippen LogP) is 2.82. The smallest absolute Gasteiger partial charge is 0.0704 e. The van der Waals surface area contributed by atoms with Crippen molar-refractivity contribution in [2.24, 2.45) is 0 Å². The van der Waals surface area contributed by atoms with Gasteiger partial charge in [0.15, 0.2) is 0 Å². The van der Waals surface area contributed by atoms with E-state index in [0.717, 1.165) is 13.0 Å². The lowest BCUT2D eigenvalue weighted by atomic mass is 10.2. The van der Waals surface area contributed by atoms with Crippen LogP contribution in [-0.4, -0.2) is 52.9 Å². The molecule has 19 heavy (non-hydrogen) atoms. The molecule has 0 saturated carbocycles. The lowest BCUT2D eigenvalue weighted by Gasteiger charge is -2.07. The van der Waals surface area contributed by atoms with E-state index in [1.54, 1.807) is 6.08 Å². The summed E-state index contributed by atoms with van der Waals surface area (Å²) in [7, 11) is 0. The fraction of sp³-hybridized carbons (Fsp3) is 0.867. The predicted molar refractivity (Wildman–Crippen MR) is 77.6 cm³/mol. The first-order valence-electron chi connectivity index (χ1n) is 7.33. The van der Waals surface area contributed by atoms with Crippen LogP contribution in [0.15, 0.2) is 12.7 Å². The Balaban J connectivity index is 2.89. The molecule has 0 rings (SSSR count). The minimum absolute atomic E-state index is 0.579. The molecular formula is C15H30O4. The highest BCUT2D eigenvalue weighted by Gasteiger charge is 1.92. The Morgan fingerprint density at radius 1 is 0.684 bits per heavy atom. The quantitative estimate of drug-likeness (QED) is 0.320. The van der Waals surface area contributed by atoms with Crippen LogP contribution in [0.5, 0.6) is 0 Å². The van der Waals surface area contributed by atoms with Gasteiger partial charge in [0.05, 0.1) is 46.2 Å². The van der Waals surface area contributed by atoms with Gasteiger partial charge in [-0.05, 0) is 6.42 Å². The Bertz CT molecular complexity index is 174. The number of hydrogen-bond acceptors (Lipinski definition) is 4. The zero-order valence-electron chi connectivity index (χ0n) is 12.4. The first-order chi connectivity index (χ1) is 9.41. The van der Waals surface area contributed by atoms with Crippen molar-refractivity contribution in [3.05, 3.63) is 12.7 Å². The summed E-state index contributed by atoms with van der Waals surface area (Å²) < 4.78 is 21.3. The van der Waals surface area contributed by atoms with Gasteiger partial charge in [0, 0.05) is 6.61 Å². The normalized spacial score (nSPS) is 10.8. The molecule has 0 atom stereocenters. The highest BCUT2D eigenvalue weighted by atomic mass is 16.6. The summed E-state index contributed by atoms with van der Waals surface area (Å²) in [4.78, 5) is 0. The number of unbranched alkanes of at least 4 members (excludes halogenated alkanes) is 3. The second-order valence-electron chi connectivity index (χ2n) is 4.26. The average molecular weight is 274 g/mol. The summed E-state index contributed by atoms with van der Waals surface area (Å²) in [5.74, 6) is 0. The van der Waals surface area contributed by atoms with E-state index in [1.165, 1.54) is 19.3 Å². The Hall–Kier alpha value is -0.420. The summed E-state index contributed by atoms with van der Waals surface area (Å²) in [6.45, 7) is 10.9. The molecule has 0 aromatic rings. The van der Waals surface area contributed by atoms with Crippen molar-refractivity contribution >= 4 is 0 Å². The van der Waals surface area contributed by atoms with Gasteiger partial charge in [0.2, 0.25) is 0 Å². The highest BCUT2D eigenvalue weighted by molar-refractivity contribution is 4.63. The van der Waals surface area contributed by atoms with Crippen LogP contribution in [0.2, 0.25) is 0 Å². The summed E-state index contributed by atoms with van der Waals surface area (Å²) in [6, 6.07) is 0. The van der Waals surface area contributed by atoms with Gasteiger partial charge in [-0.25, -0.2) is 0 Å². The SMILES string of the molecule is C=CCOCCOCCOCCOCCCCCC. The second-order valence-corrected chi connectivity index (χ2v) is 4.26.